The molecule has 2 heterocycles. The Morgan fingerprint density at radius 3 is 3.00 bits per heavy atom. The highest BCUT2D eigenvalue weighted by Gasteiger charge is 2.34. The number of hydrogen-bond acceptors (Lipinski definition) is 3. The zero-order chi connectivity index (χ0) is 14.5. The van der Waals surface area contributed by atoms with E-state index in [0.29, 0.717) is 12.0 Å². The van der Waals surface area contributed by atoms with Gasteiger partial charge in [-0.3, -0.25) is 4.98 Å². The first-order valence-electron chi connectivity index (χ1n) is 8.65. The maximum absolute atomic E-state index is 5.57. The van der Waals surface area contributed by atoms with E-state index >= 15 is 0 Å². The van der Waals surface area contributed by atoms with Crippen LogP contribution in [0, 0.1) is 5.92 Å². The predicted molar refractivity (Wildman–Crippen MR) is 85.5 cm³/mol. The normalized spacial score (nSPS) is 24.5. The zero-order valence-corrected chi connectivity index (χ0v) is 13.2. The zero-order valence-electron chi connectivity index (χ0n) is 13.2. The molecule has 1 fully saturated rings. The van der Waals surface area contributed by atoms with Crippen molar-refractivity contribution in [1.29, 1.82) is 0 Å². The van der Waals surface area contributed by atoms with Crippen LogP contribution in [0.2, 0.25) is 0 Å². The molecule has 3 heteroatoms. The van der Waals surface area contributed by atoms with Gasteiger partial charge in [-0.25, -0.2) is 0 Å². The van der Waals surface area contributed by atoms with Crippen molar-refractivity contribution in [2.75, 3.05) is 19.8 Å². The van der Waals surface area contributed by atoms with Gasteiger partial charge in [-0.15, -0.1) is 0 Å². The van der Waals surface area contributed by atoms with Crippen LogP contribution in [0.4, 0.5) is 0 Å². The van der Waals surface area contributed by atoms with Gasteiger partial charge in [0.15, 0.2) is 0 Å². The molecule has 1 aliphatic carbocycles. The smallest absolute Gasteiger partial charge is 0.0482 e. The highest BCUT2D eigenvalue weighted by atomic mass is 16.5. The van der Waals surface area contributed by atoms with E-state index in [-0.39, 0.29) is 0 Å². The van der Waals surface area contributed by atoms with Crippen molar-refractivity contribution < 1.29 is 4.74 Å². The van der Waals surface area contributed by atoms with Crippen molar-refractivity contribution in [3.63, 3.8) is 0 Å². The van der Waals surface area contributed by atoms with Gasteiger partial charge in [0, 0.05) is 37.1 Å². The van der Waals surface area contributed by atoms with Gasteiger partial charge in [0.1, 0.15) is 0 Å². The molecule has 1 aliphatic heterocycles. The number of aromatic nitrogens is 1. The second kappa shape index (κ2) is 7.37. The molecule has 0 bridgehead atoms. The van der Waals surface area contributed by atoms with Crippen molar-refractivity contribution in [2.45, 2.75) is 57.4 Å². The number of rotatable bonds is 5. The molecule has 0 spiro atoms. The summed E-state index contributed by atoms with van der Waals surface area (Å²) in [5.41, 5.74) is 2.84. The maximum Gasteiger partial charge on any atom is 0.0482 e. The molecular weight excluding hydrogens is 260 g/mol. The molecule has 1 saturated heterocycles. The summed E-state index contributed by atoms with van der Waals surface area (Å²) >= 11 is 0. The third kappa shape index (κ3) is 3.46. The van der Waals surface area contributed by atoms with Crippen LogP contribution in [0.15, 0.2) is 18.3 Å². The van der Waals surface area contributed by atoms with E-state index in [0.717, 1.165) is 25.7 Å². The Morgan fingerprint density at radius 1 is 1.33 bits per heavy atom. The third-order valence-corrected chi connectivity index (χ3v) is 5.08. The number of nitrogens with one attached hydrogen (secondary N) is 1. The van der Waals surface area contributed by atoms with E-state index in [4.69, 9.17) is 9.72 Å². The molecule has 0 aromatic carbocycles. The van der Waals surface area contributed by atoms with Crippen molar-refractivity contribution in [1.82, 2.24) is 10.3 Å². The fourth-order valence-corrected chi connectivity index (χ4v) is 4.02. The van der Waals surface area contributed by atoms with Gasteiger partial charge in [-0.1, -0.05) is 13.0 Å². The fraction of sp³-hybridized carbons (Fsp3) is 0.722. The Hall–Kier alpha value is -0.930. The van der Waals surface area contributed by atoms with E-state index < -0.39 is 0 Å². The molecule has 116 valence electrons. The highest BCUT2D eigenvalue weighted by molar-refractivity contribution is 5.27. The molecule has 21 heavy (non-hydrogen) atoms. The lowest BCUT2D eigenvalue weighted by molar-refractivity contribution is 0.0485. The second-order valence-electron chi connectivity index (χ2n) is 6.48. The van der Waals surface area contributed by atoms with Crippen LogP contribution in [0.25, 0.3) is 0 Å². The molecule has 2 aliphatic rings. The van der Waals surface area contributed by atoms with Gasteiger partial charge in [0.05, 0.1) is 0 Å². The number of nitrogens with zero attached hydrogens (tertiary/aromatic N) is 1. The number of aryl methyl sites for hydroxylation is 1. The quantitative estimate of drug-likeness (QED) is 0.902. The highest BCUT2D eigenvalue weighted by Crippen LogP contribution is 2.37. The Bertz CT molecular complexity index is 443. The van der Waals surface area contributed by atoms with Gasteiger partial charge >= 0.3 is 0 Å². The minimum Gasteiger partial charge on any atom is -0.381 e. The standard InChI is InChI=1S/C18H28N2O/c1-2-10-19-18(15-8-12-21-13-9-15)16-7-3-5-14-6-4-11-20-17(14)16/h4,6,11,15-16,18-19H,2-3,5,7-10,12-13H2,1H3. The summed E-state index contributed by atoms with van der Waals surface area (Å²) < 4.78 is 5.57. The largest absolute Gasteiger partial charge is 0.381 e. The van der Waals surface area contributed by atoms with Crippen LogP contribution in [0.5, 0.6) is 0 Å². The van der Waals surface area contributed by atoms with Crippen LogP contribution in [0.1, 0.15) is 56.2 Å². The summed E-state index contributed by atoms with van der Waals surface area (Å²) in [4.78, 5) is 4.75. The lowest BCUT2D eigenvalue weighted by Crippen LogP contribution is -2.44. The number of pyridine rings is 1. The molecule has 0 saturated carbocycles. The van der Waals surface area contributed by atoms with Crippen molar-refractivity contribution >= 4 is 0 Å². The monoisotopic (exact) mass is 288 g/mol. The molecule has 1 N–H and O–H groups in total. The summed E-state index contributed by atoms with van der Waals surface area (Å²) in [6.07, 6.45) is 9.34. The van der Waals surface area contributed by atoms with E-state index in [1.165, 1.54) is 49.8 Å². The predicted octanol–water partition coefficient (Wildman–Crippen LogP) is 3.30. The van der Waals surface area contributed by atoms with E-state index in [9.17, 15) is 0 Å². The molecule has 3 rings (SSSR count). The SMILES string of the molecule is CCCNC(C1CCOCC1)C1CCCc2cccnc21. The molecule has 2 atom stereocenters. The van der Waals surface area contributed by atoms with E-state index in [1.807, 2.05) is 6.20 Å². The van der Waals surface area contributed by atoms with Crippen LogP contribution >= 0.6 is 0 Å². The minimum absolute atomic E-state index is 0.572. The minimum atomic E-state index is 0.572. The van der Waals surface area contributed by atoms with Crippen LogP contribution in [-0.2, 0) is 11.2 Å². The Morgan fingerprint density at radius 2 is 2.19 bits per heavy atom. The average molecular weight is 288 g/mol. The summed E-state index contributed by atoms with van der Waals surface area (Å²) in [5.74, 6) is 1.33. The molecule has 1 aromatic heterocycles. The summed E-state index contributed by atoms with van der Waals surface area (Å²) in [6.45, 7) is 5.22. The van der Waals surface area contributed by atoms with Crippen LogP contribution in [0.3, 0.4) is 0 Å². The topological polar surface area (TPSA) is 34.1 Å². The molecular formula is C18H28N2O. The second-order valence-corrected chi connectivity index (χ2v) is 6.48. The first-order valence-corrected chi connectivity index (χ1v) is 8.65. The fourth-order valence-electron chi connectivity index (χ4n) is 4.02. The maximum atomic E-state index is 5.57. The van der Waals surface area contributed by atoms with Gasteiger partial charge in [-0.2, -0.15) is 0 Å². The summed E-state index contributed by atoms with van der Waals surface area (Å²) in [6, 6.07) is 4.93. The van der Waals surface area contributed by atoms with Crippen molar-refractivity contribution in [3.05, 3.63) is 29.6 Å². The number of fused-ring (bicyclic) bond motifs is 1. The summed E-state index contributed by atoms with van der Waals surface area (Å²) in [7, 11) is 0. The van der Waals surface area contributed by atoms with Crippen LogP contribution in [-0.4, -0.2) is 30.8 Å². The van der Waals surface area contributed by atoms with Gasteiger partial charge < -0.3 is 10.1 Å². The van der Waals surface area contributed by atoms with Crippen molar-refractivity contribution in [3.8, 4) is 0 Å². The van der Waals surface area contributed by atoms with Gasteiger partial charge in [0.2, 0.25) is 0 Å². The van der Waals surface area contributed by atoms with Gasteiger partial charge in [0.25, 0.3) is 0 Å². The van der Waals surface area contributed by atoms with E-state index in [2.05, 4.69) is 24.4 Å². The lowest BCUT2D eigenvalue weighted by atomic mass is 9.75. The lowest BCUT2D eigenvalue weighted by Gasteiger charge is -2.38. The number of ether oxygens (including phenoxy) is 1. The average Bonchev–Trinajstić information content (AvgIpc) is 2.56. The molecule has 3 nitrogen and oxygen atoms in total. The third-order valence-electron chi connectivity index (χ3n) is 5.08. The first-order chi connectivity index (χ1) is 10.4. The molecule has 0 radical (unpaired) electrons. The first kappa shape index (κ1) is 15.0. The Labute approximate surface area is 128 Å². The molecule has 2 unspecified atom stereocenters. The van der Waals surface area contributed by atoms with Gasteiger partial charge in [-0.05, 0) is 62.6 Å². The van der Waals surface area contributed by atoms with Crippen LogP contribution < -0.4 is 5.32 Å². The molecule has 1 aromatic rings. The Kier molecular flexibility index (Phi) is 5.26. The Balaban J connectivity index is 1.82. The molecule has 0 amide bonds. The summed E-state index contributed by atoms with van der Waals surface area (Å²) in [5, 5.41) is 3.85. The number of hydrogen-bond donors (Lipinski definition) is 1. The van der Waals surface area contributed by atoms with Crippen molar-refractivity contribution in [2.24, 2.45) is 5.92 Å². The van der Waals surface area contributed by atoms with E-state index in [1.54, 1.807) is 0 Å².